The van der Waals surface area contributed by atoms with Gasteiger partial charge in [-0.15, -0.1) is 0 Å². The van der Waals surface area contributed by atoms with Crippen LogP contribution in [0.4, 0.5) is 17.1 Å². The van der Waals surface area contributed by atoms with Crippen LogP contribution in [0.3, 0.4) is 0 Å². The van der Waals surface area contributed by atoms with Crippen molar-refractivity contribution in [2.45, 2.75) is 38.1 Å². The van der Waals surface area contributed by atoms with Crippen LogP contribution in [0.5, 0.6) is 0 Å². The lowest BCUT2D eigenvalue weighted by molar-refractivity contribution is -0.384. The number of anilines is 2. The summed E-state index contributed by atoms with van der Waals surface area (Å²) in [5.41, 5.74) is 1.85. The first kappa shape index (κ1) is 19.6. The molecule has 0 radical (unpaired) electrons. The summed E-state index contributed by atoms with van der Waals surface area (Å²) < 4.78 is 1.29. The van der Waals surface area contributed by atoms with Gasteiger partial charge in [-0.2, -0.15) is 5.10 Å². The molecule has 3 aromatic rings. The van der Waals surface area contributed by atoms with Gasteiger partial charge in [0.25, 0.3) is 11.6 Å². The van der Waals surface area contributed by atoms with E-state index in [1.54, 1.807) is 0 Å². The Morgan fingerprint density at radius 1 is 1.07 bits per heavy atom. The van der Waals surface area contributed by atoms with Gasteiger partial charge in [-0.25, -0.2) is 9.67 Å². The molecule has 1 amide bonds. The summed E-state index contributed by atoms with van der Waals surface area (Å²) in [7, 11) is 0. The van der Waals surface area contributed by atoms with Crippen molar-refractivity contribution in [3.63, 3.8) is 0 Å². The molecule has 2 N–H and O–H groups in total. The van der Waals surface area contributed by atoms with Crippen LogP contribution in [0.1, 0.15) is 42.5 Å². The van der Waals surface area contributed by atoms with Crippen molar-refractivity contribution in [1.29, 1.82) is 0 Å². The molecule has 0 saturated heterocycles. The number of benzene rings is 2. The predicted molar refractivity (Wildman–Crippen MR) is 113 cm³/mol. The zero-order valence-corrected chi connectivity index (χ0v) is 16.3. The van der Waals surface area contributed by atoms with Crippen molar-refractivity contribution in [3.8, 4) is 5.69 Å². The predicted octanol–water partition coefficient (Wildman–Crippen LogP) is 4.17. The summed E-state index contributed by atoms with van der Waals surface area (Å²) in [5, 5.41) is 21.7. The minimum Gasteiger partial charge on any atom is -0.382 e. The number of nitrogens with zero attached hydrogens (tertiary/aromatic N) is 4. The number of rotatable bonds is 6. The lowest BCUT2D eigenvalue weighted by Gasteiger charge is -2.23. The van der Waals surface area contributed by atoms with Crippen molar-refractivity contribution >= 4 is 23.0 Å². The summed E-state index contributed by atoms with van der Waals surface area (Å²) in [4.78, 5) is 27.3. The van der Waals surface area contributed by atoms with Crippen molar-refractivity contribution < 1.29 is 9.72 Å². The molecular weight excluding hydrogens is 384 g/mol. The lowest BCUT2D eigenvalue weighted by Crippen LogP contribution is -2.22. The van der Waals surface area contributed by atoms with Gasteiger partial charge in [0, 0.05) is 29.0 Å². The van der Waals surface area contributed by atoms with E-state index in [0.29, 0.717) is 11.7 Å². The van der Waals surface area contributed by atoms with E-state index in [9.17, 15) is 14.9 Å². The van der Waals surface area contributed by atoms with Gasteiger partial charge in [0.15, 0.2) is 0 Å². The fraction of sp³-hybridized carbons (Fsp3) is 0.286. The number of nitrogens with one attached hydrogen (secondary N) is 2. The highest BCUT2D eigenvalue weighted by atomic mass is 16.6. The van der Waals surface area contributed by atoms with Gasteiger partial charge in [0.2, 0.25) is 0 Å². The van der Waals surface area contributed by atoms with E-state index in [4.69, 9.17) is 0 Å². The second kappa shape index (κ2) is 8.73. The maximum atomic E-state index is 12.6. The second-order valence-electron chi connectivity index (χ2n) is 7.31. The fourth-order valence-corrected chi connectivity index (χ4v) is 3.67. The lowest BCUT2D eigenvalue weighted by atomic mass is 9.95. The molecular formula is C21H22N6O3. The van der Waals surface area contributed by atoms with Gasteiger partial charge < -0.3 is 10.6 Å². The van der Waals surface area contributed by atoms with E-state index in [0.717, 1.165) is 5.69 Å². The second-order valence-corrected chi connectivity index (χ2v) is 7.31. The molecule has 9 nitrogen and oxygen atoms in total. The van der Waals surface area contributed by atoms with Crippen LogP contribution in [0, 0.1) is 10.1 Å². The normalized spacial score (nSPS) is 14.3. The molecule has 154 valence electrons. The third-order valence-electron chi connectivity index (χ3n) is 5.22. The van der Waals surface area contributed by atoms with Crippen molar-refractivity contribution in [2.75, 3.05) is 10.6 Å². The summed E-state index contributed by atoms with van der Waals surface area (Å²) >= 11 is 0. The third-order valence-corrected chi connectivity index (χ3v) is 5.22. The fourth-order valence-electron chi connectivity index (χ4n) is 3.67. The number of nitro benzene ring substituents is 1. The Labute approximate surface area is 173 Å². The van der Waals surface area contributed by atoms with Gasteiger partial charge >= 0.3 is 0 Å². The SMILES string of the molecule is O=C(Nc1ccc(NC2CCCCC2)cc1)c1ccc(-n2cncn2)c([N+](=O)[O-])c1. The minimum absolute atomic E-state index is 0.190. The number of aromatic nitrogens is 3. The molecule has 0 atom stereocenters. The minimum atomic E-state index is -0.542. The standard InChI is InChI=1S/C21H22N6O3/c28-21(15-6-11-19(20(12-15)27(29)30)26-14-22-13-23-26)25-18-9-7-17(8-10-18)24-16-4-2-1-3-5-16/h6-14,16,24H,1-5H2,(H,25,28). The maximum Gasteiger partial charge on any atom is 0.295 e. The highest BCUT2D eigenvalue weighted by molar-refractivity contribution is 6.05. The monoisotopic (exact) mass is 406 g/mol. The molecule has 30 heavy (non-hydrogen) atoms. The van der Waals surface area contributed by atoms with Gasteiger partial charge in [0.1, 0.15) is 18.3 Å². The van der Waals surface area contributed by atoms with Crippen molar-refractivity contribution in [1.82, 2.24) is 14.8 Å². The summed E-state index contributed by atoms with van der Waals surface area (Å²) in [6, 6.07) is 12.3. The molecule has 0 bridgehead atoms. The van der Waals surface area contributed by atoms with E-state index in [1.807, 2.05) is 24.3 Å². The molecule has 1 saturated carbocycles. The van der Waals surface area contributed by atoms with Crippen LogP contribution >= 0.6 is 0 Å². The Morgan fingerprint density at radius 3 is 2.47 bits per heavy atom. The summed E-state index contributed by atoms with van der Waals surface area (Å²) in [5.74, 6) is -0.420. The van der Waals surface area contributed by atoms with Gasteiger partial charge in [-0.3, -0.25) is 14.9 Å². The van der Waals surface area contributed by atoms with Gasteiger partial charge in [-0.1, -0.05) is 19.3 Å². The Bertz CT molecular complexity index is 1030. The molecule has 1 aliphatic carbocycles. The van der Waals surface area contributed by atoms with Crippen LogP contribution in [-0.4, -0.2) is 31.6 Å². The first-order valence-corrected chi connectivity index (χ1v) is 9.91. The Morgan fingerprint density at radius 2 is 1.80 bits per heavy atom. The van der Waals surface area contributed by atoms with E-state index in [2.05, 4.69) is 20.7 Å². The van der Waals surface area contributed by atoms with E-state index < -0.39 is 10.8 Å². The van der Waals surface area contributed by atoms with Crippen LogP contribution in [-0.2, 0) is 0 Å². The van der Waals surface area contributed by atoms with E-state index in [-0.39, 0.29) is 16.9 Å². The van der Waals surface area contributed by atoms with Crippen LogP contribution in [0.15, 0.2) is 55.1 Å². The molecule has 0 aliphatic heterocycles. The zero-order chi connectivity index (χ0) is 20.9. The van der Waals surface area contributed by atoms with E-state index >= 15 is 0 Å². The number of carbonyl (C=O) groups excluding carboxylic acids is 1. The summed E-state index contributed by atoms with van der Waals surface area (Å²) in [6.45, 7) is 0. The van der Waals surface area contributed by atoms with Crippen LogP contribution in [0.2, 0.25) is 0 Å². The Hall–Kier alpha value is -3.75. The van der Waals surface area contributed by atoms with Crippen LogP contribution < -0.4 is 10.6 Å². The van der Waals surface area contributed by atoms with Crippen LogP contribution in [0.25, 0.3) is 5.69 Å². The van der Waals surface area contributed by atoms with E-state index in [1.165, 1.54) is 67.6 Å². The first-order valence-electron chi connectivity index (χ1n) is 9.91. The Kier molecular flexibility index (Phi) is 5.69. The molecule has 1 fully saturated rings. The molecule has 0 spiro atoms. The van der Waals surface area contributed by atoms with Crippen molar-refractivity contribution in [3.05, 3.63) is 70.8 Å². The molecule has 9 heteroatoms. The topological polar surface area (TPSA) is 115 Å². The largest absolute Gasteiger partial charge is 0.382 e. The highest BCUT2D eigenvalue weighted by Gasteiger charge is 2.19. The molecule has 1 aliphatic rings. The molecule has 0 unspecified atom stereocenters. The highest BCUT2D eigenvalue weighted by Crippen LogP contribution is 2.25. The number of nitro groups is 1. The molecule has 2 aromatic carbocycles. The molecule has 4 rings (SSSR count). The van der Waals surface area contributed by atoms with Gasteiger partial charge in [0.05, 0.1) is 4.92 Å². The number of hydrogen-bond donors (Lipinski definition) is 2. The smallest absolute Gasteiger partial charge is 0.295 e. The maximum absolute atomic E-state index is 12.6. The number of hydrogen-bond acceptors (Lipinski definition) is 6. The first-order chi connectivity index (χ1) is 14.6. The van der Waals surface area contributed by atoms with Gasteiger partial charge in [-0.05, 0) is 49.2 Å². The average Bonchev–Trinajstić information content (AvgIpc) is 3.30. The summed E-state index contributed by atoms with van der Waals surface area (Å²) in [6.07, 6.45) is 8.84. The Balaban J connectivity index is 1.45. The molecule has 1 aromatic heterocycles. The number of amides is 1. The zero-order valence-electron chi connectivity index (χ0n) is 16.3. The quantitative estimate of drug-likeness (QED) is 0.469. The van der Waals surface area contributed by atoms with Crippen molar-refractivity contribution in [2.24, 2.45) is 0 Å². The number of carbonyl (C=O) groups is 1. The average molecular weight is 406 g/mol. The molecule has 1 heterocycles. The third kappa shape index (κ3) is 4.45.